The first kappa shape index (κ1) is 8.45. The van der Waals surface area contributed by atoms with E-state index in [-0.39, 0.29) is 0 Å². The fourth-order valence-corrected chi connectivity index (χ4v) is 1.87. The Balaban J connectivity index is 2.31. The van der Waals surface area contributed by atoms with Crippen molar-refractivity contribution in [1.29, 1.82) is 0 Å². The van der Waals surface area contributed by atoms with Crippen molar-refractivity contribution in [2.75, 3.05) is 0 Å². The van der Waals surface area contributed by atoms with Crippen LogP contribution in [-0.4, -0.2) is 6.21 Å². The molecule has 66 valence electrons. The minimum Gasteiger partial charge on any atom is -0.268 e. The van der Waals surface area contributed by atoms with Gasteiger partial charge in [-0.15, -0.1) is 0 Å². The number of hydrogen-bond acceptors (Lipinski definition) is 2. The maximum atomic E-state index is 4.24. The Labute approximate surface area is 82.1 Å². The van der Waals surface area contributed by atoms with Crippen molar-refractivity contribution in [2.45, 2.75) is 6.92 Å². The lowest BCUT2D eigenvalue weighted by Crippen LogP contribution is -1.86. The molecule has 0 saturated carbocycles. The maximum absolute atomic E-state index is 4.24. The molecule has 0 aliphatic carbocycles. The van der Waals surface area contributed by atoms with Crippen LogP contribution in [0.4, 0.5) is 0 Å². The van der Waals surface area contributed by atoms with Gasteiger partial charge in [0.2, 0.25) is 0 Å². The molecule has 1 aliphatic rings. The first-order chi connectivity index (χ1) is 6.36. The minimum absolute atomic E-state index is 0.437. The normalized spacial score (nSPS) is 21.3. The van der Waals surface area contributed by atoms with Gasteiger partial charge in [0.15, 0.2) is 0 Å². The zero-order chi connectivity index (χ0) is 9.10. The van der Waals surface area contributed by atoms with Gasteiger partial charge in [-0.3, -0.25) is 4.99 Å². The predicted molar refractivity (Wildman–Crippen MR) is 59.1 cm³/mol. The van der Waals surface area contributed by atoms with Crippen LogP contribution in [0.5, 0.6) is 0 Å². The van der Waals surface area contributed by atoms with Crippen molar-refractivity contribution in [2.24, 2.45) is 10.9 Å². The van der Waals surface area contributed by atoms with Gasteiger partial charge in [-0.2, -0.15) is 11.3 Å². The Bertz CT molecular complexity index is 357. The fourth-order valence-electron chi connectivity index (χ4n) is 1.21. The highest BCUT2D eigenvalue weighted by Gasteiger charge is 2.01. The van der Waals surface area contributed by atoms with Gasteiger partial charge in [0.1, 0.15) is 0 Å². The van der Waals surface area contributed by atoms with Gasteiger partial charge in [0.25, 0.3) is 0 Å². The van der Waals surface area contributed by atoms with E-state index in [1.54, 1.807) is 11.3 Å². The van der Waals surface area contributed by atoms with Crippen molar-refractivity contribution in [3.05, 3.63) is 40.7 Å². The fraction of sp³-hybridized carbons (Fsp3) is 0.182. The summed E-state index contributed by atoms with van der Waals surface area (Å²) in [4.78, 5) is 4.24. The maximum Gasteiger partial charge on any atom is 0.0342 e. The van der Waals surface area contributed by atoms with Gasteiger partial charge < -0.3 is 0 Å². The SMILES string of the molecule is CC1C=CC(c2ccsc2)=CN=C1. The molecule has 1 unspecified atom stereocenters. The van der Waals surface area contributed by atoms with E-state index >= 15 is 0 Å². The molecule has 13 heavy (non-hydrogen) atoms. The first-order valence-corrected chi connectivity index (χ1v) is 5.25. The summed E-state index contributed by atoms with van der Waals surface area (Å²) in [6.45, 7) is 2.13. The highest BCUT2D eigenvalue weighted by Crippen LogP contribution is 2.20. The van der Waals surface area contributed by atoms with Crippen LogP contribution in [0.2, 0.25) is 0 Å². The van der Waals surface area contributed by atoms with Crippen LogP contribution in [0.1, 0.15) is 12.5 Å². The number of thiophene rings is 1. The lowest BCUT2D eigenvalue weighted by atomic mass is 10.1. The first-order valence-electron chi connectivity index (χ1n) is 4.30. The molecule has 0 aromatic carbocycles. The van der Waals surface area contributed by atoms with Crippen LogP contribution in [0, 0.1) is 5.92 Å². The van der Waals surface area contributed by atoms with Crippen LogP contribution in [0.15, 0.2) is 40.2 Å². The molecule has 1 aliphatic heterocycles. The standard InChI is InChI=1S/C11H11NS/c1-9-2-3-10(7-12-6-9)11-4-5-13-8-11/h2-9H,1H3. The third-order valence-electron chi connectivity index (χ3n) is 1.97. The Hall–Kier alpha value is -1.15. The van der Waals surface area contributed by atoms with Crippen molar-refractivity contribution in [1.82, 2.24) is 0 Å². The second-order valence-corrected chi connectivity index (χ2v) is 3.89. The molecule has 0 amide bonds. The Morgan fingerprint density at radius 2 is 2.38 bits per heavy atom. The van der Waals surface area contributed by atoms with Crippen molar-refractivity contribution >= 4 is 23.1 Å². The Morgan fingerprint density at radius 3 is 3.15 bits per heavy atom. The van der Waals surface area contributed by atoms with E-state index in [1.807, 2.05) is 12.4 Å². The highest BCUT2D eigenvalue weighted by atomic mass is 32.1. The monoisotopic (exact) mass is 189 g/mol. The summed E-state index contributed by atoms with van der Waals surface area (Å²) in [6.07, 6.45) is 8.18. The van der Waals surface area contributed by atoms with Crippen LogP contribution >= 0.6 is 11.3 Å². The molecular formula is C11H11NS. The van der Waals surface area contributed by atoms with Crippen molar-refractivity contribution in [3.63, 3.8) is 0 Å². The van der Waals surface area contributed by atoms with Gasteiger partial charge in [-0.05, 0) is 22.4 Å². The van der Waals surface area contributed by atoms with Crippen LogP contribution in [-0.2, 0) is 0 Å². The molecule has 0 spiro atoms. The number of rotatable bonds is 1. The summed E-state index contributed by atoms with van der Waals surface area (Å²) in [5.74, 6) is 0.437. The van der Waals surface area contributed by atoms with E-state index in [2.05, 4.69) is 40.9 Å². The second kappa shape index (κ2) is 3.71. The van der Waals surface area contributed by atoms with E-state index in [0.29, 0.717) is 5.92 Å². The molecule has 0 bridgehead atoms. The number of nitrogens with zero attached hydrogens (tertiary/aromatic N) is 1. The Kier molecular flexibility index (Phi) is 2.41. The molecule has 0 saturated heterocycles. The van der Waals surface area contributed by atoms with Crippen LogP contribution < -0.4 is 0 Å². The molecule has 0 fully saturated rings. The molecule has 1 aromatic rings. The summed E-state index contributed by atoms with van der Waals surface area (Å²) in [6, 6.07) is 2.12. The highest BCUT2D eigenvalue weighted by molar-refractivity contribution is 7.08. The van der Waals surface area contributed by atoms with Gasteiger partial charge in [0, 0.05) is 23.9 Å². The van der Waals surface area contributed by atoms with Crippen LogP contribution in [0.25, 0.3) is 5.57 Å². The zero-order valence-corrected chi connectivity index (χ0v) is 8.29. The third kappa shape index (κ3) is 1.95. The van der Waals surface area contributed by atoms with Gasteiger partial charge >= 0.3 is 0 Å². The largest absolute Gasteiger partial charge is 0.268 e. The second-order valence-electron chi connectivity index (χ2n) is 3.11. The molecule has 0 radical (unpaired) electrons. The van der Waals surface area contributed by atoms with Crippen molar-refractivity contribution < 1.29 is 0 Å². The molecule has 1 aromatic heterocycles. The quantitative estimate of drug-likeness (QED) is 0.642. The topological polar surface area (TPSA) is 12.4 Å². The molecule has 2 rings (SSSR count). The molecule has 1 nitrogen and oxygen atoms in total. The predicted octanol–water partition coefficient (Wildman–Crippen LogP) is 3.37. The van der Waals surface area contributed by atoms with E-state index in [9.17, 15) is 0 Å². The van der Waals surface area contributed by atoms with Crippen molar-refractivity contribution in [3.8, 4) is 0 Å². The molecule has 2 heteroatoms. The van der Waals surface area contributed by atoms with Gasteiger partial charge in [-0.25, -0.2) is 0 Å². The Morgan fingerprint density at radius 1 is 1.46 bits per heavy atom. The summed E-state index contributed by atoms with van der Waals surface area (Å²) in [7, 11) is 0. The third-order valence-corrected chi connectivity index (χ3v) is 2.65. The van der Waals surface area contributed by atoms with E-state index in [1.165, 1.54) is 11.1 Å². The molecular weight excluding hydrogens is 178 g/mol. The minimum atomic E-state index is 0.437. The molecule has 1 atom stereocenters. The lowest BCUT2D eigenvalue weighted by Gasteiger charge is -1.94. The lowest BCUT2D eigenvalue weighted by molar-refractivity contribution is 1.03. The summed E-state index contributed by atoms with van der Waals surface area (Å²) in [5.41, 5.74) is 2.45. The van der Waals surface area contributed by atoms with Gasteiger partial charge in [0.05, 0.1) is 0 Å². The average Bonchev–Trinajstić information content (AvgIpc) is 2.56. The molecule has 0 N–H and O–H groups in total. The number of allylic oxidation sites excluding steroid dienone is 3. The summed E-state index contributed by atoms with van der Waals surface area (Å²) in [5, 5.41) is 4.23. The zero-order valence-electron chi connectivity index (χ0n) is 7.47. The average molecular weight is 189 g/mol. The number of hydrogen-bond donors (Lipinski definition) is 0. The van der Waals surface area contributed by atoms with E-state index in [4.69, 9.17) is 0 Å². The van der Waals surface area contributed by atoms with Gasteiger partial charge in [-0.1, -0.05) is 19.1 Å². The summed E-state index contributed by atoms with van der Waals surface area (Å²) >= 11 is 1.71. The van der Waals surface area contributed by atoms with E-state index in [0.717, 1.165) is 0 Å². The smallest absolute Gasteiger partial charge is 0.0342 e. The summed E-state index contributed by atoms with van der Waals surface area (Å²) < 4.78 is 0. The van der Waals surface area contributed by atoms with E-state index < -0.39 is 0 Å². The van der Waals surface area contributed by atoms with Crippen LogP contribution in [0.3, 0.4) is 0 Å². The number of aliphatic imine (C=N–C) groups is 1. The molecule has 2 heterocycles.